The number of aliphatic carboxylic acids is 2. The van der Waals surface area contributed by atoms with Gasteiger partial charge in [-0.2, -0.15) is 0 Å². The number of Topliss-reactive ketones (excluding diaryl/α,β-unsaturated/α-hetero) is 3. The molecule has 0 aliphatic heterocycles. The monoisotopic (exact) mass is 1010 g/mol. The van der Waals surface area contributed by atoms with E-state index in [-0.39, 0.29) is 94.3 Å². The number of nitrogens with two attached hydrogens (primary N) is 1. The van der Waals surface area contributed by atoms with E-state index >= 15 is 0 Å². The molecule has 20 heteroatoms. The Morgan fingerprint density at radius 3 is 1.82 bits per heavy atom. The molecule has 388 valence electrons. The van der Waals surface area contributed by atoms with Gasteiger partial charge in [0.05, 0.1) is 12.5 Å². The number of nitrogens with one attached hydrogen (secondary N) is 4. The summed E-state index contributed by atoms with van der Waals surface area (Å²) >= 11 is 0. The lowest BCUT2D eigenvalue weighted by atomic mass is 9.89. The number of amides is 4. The van der Waals surface area contributed by atoms with Crippen molar-refractivity contribution in [1.82, 2.24) is 21.3 Å². The van der Waals surface area contributed by atoms with Crippen molar-refractivity contribution in [2.24, 2.45) is 11.8 Å². The minimum absolute atomic E-state index is 0.000968. The molecule has 0 saturated heterocycles. The quantitative estimate of drug-likeness (QED) is 0.0145. The van der Waals surface area contributed by atoms with E-state index in [2.05, 4.69) is 26.0 Å². The summed E-state index contributed by atoms with van der Waals surface area (Å²) in [5.74, 6) is -7.48. The molecular formula is C53H60FN5O14. The van der Waals surface area contributed by atoms with Gasteiger partial charge in [-0.1, -0.05) is 91.0 Å². The van der Waals surface area contributed by atoms with E-state index in [0.29, 0.717) is 12.0 Å². The number of urea groups is 1. The third-order valence-corrected chi connectivity index (χ3v) is 11.7. The smallest absolute Gasteiger partial charge is 0.326 e. The number of anilines is 1. The number of rotatable bonds is 34. The van der Waals surface area contributed by atoms with Gasteiger partial charge in [-0.15, -0.1) is 0 Å². The van der Waals surface area contributed by atoms with Crippen LogP contribution in [0.25, 0.3) is 0 Å². The summed E-state index contributed by atoms with van der Waals surface area (Å²) in [6, 6.07) is 26.4. The minimum atomic E-state index is -1.55. The molecule has 0 aliphatic carbocycles. The summed E-state index contributed by atoms with van der Waals surface area (Å²) in [6.07, 6.45) is -4.55. The van der Waals surface area contributed by atoms with Crippen LogP contribution in [0.1, 0.15) is 84.8 Å². The Balaban J connectivity index is 1.40. The van der Waals surface area contributed by atoms with Crippen LogP contribution in [0.5, 0.6) is 0 Å². The van der Waals surface area contributed by atoms with Crippen LogP contribution in [0.3, 0.4) is 0 Å². The number of halogens is 1. The first-order chi connectivity index (χ1) is 35.0. The first-order valence-corrected chi connectivity index (χ1v) is 23.5. The maximum absolute atomic E-state index is 14.2. The summed E-state index contributed by atoms with van der Waals surface area (Å²) in [5, 5.41) is 28.6. The first kappa shape index (κ1) is 57.3. The van der Waals surface area contributed by atoms with Crippen LogP contribution in [0.15, 0.2) is 109 Å². The molecular weight excluding hydrogens is 949 g/mol. The van der Waals surface area contributed by atoms with Crippen molar-refractivity contribution >= 4 is 65.8 Å². The number of ketones is 3. The van der Waals surface area contributed by atoms with E-state index in [4.69, 9.17) is 15.6 Å². The number of carboxylic acid groups (broad SMARTS) is 2. The molecule has 4 aromatic carbocycles. The van der Waals surface area contributed by atoms with Gasteiger partial charge >= 0.3 is 18.0 Å². The molecule has 0 fully saturated rings. The van der Waals surface area contributed by atoms with Gasteiger partial charge in [-0.25, -0.2) is 14.0 Å². The number of hydrogen-bond donors (Lipinski definition) is 7. The summed E-state index contributed by atoms with van der Waals surface area (Å²) < 4.78 is 24.1. The fourth-order valence-corrected chi connectivity index (χ4v) is 7.94. The number of hydrogen-bond acceptors (Lipinski definition) is 13. The molecule has 0 heterocycles. The average molecular weight is 1010 g/mol. The molecule has 2 unspecified atom stereocenters. The predicted octanol–water partition coefficient (Wildman–Crippen LogP) is 4.68. The third kappa shape index (κ3) is 21.3. The van der Waals surface area contributed by atoms with Crippen molar-refractivity contribution in [1.29, 1.82) is 0 Å². The minimum Gasteiger partial charge on any atom is -0.481 e. The van der Waals surface area contributed by atoms with Crippen LogP contribution < -0.4 is 27.0 Å². The van der Waals surface area contributed by atoms with Crippen LogP contribution in [0.4, 0.5) is 14.9 Å². The number of benzene rings is 4. The van der Waals surface area contributed by atoms with Crippen LogP contribution in [0.2, 0.25) is 0 Å². The standard InChI is InChI=1S/C53H60FN5O14/c54-39-16-19-43(55)42(29-39)46(63)28-38(25-35-12-6-2-7-13-35)51(68)57-45(27-36-14-8-3-9-15-36)47(64)30-41(72-32-60)18-21-48(65)56-31-37(24-34-10-4-1-5-11-34)26-40(62)17-20-44(52(69)70)58-53(71)59-49(73-33-61)22-23-50(66)67/h1-16,19,29,32-33,37-38,41,44-45,49H,17-18,20-28,30-31,55H2,(H,56,65)(H,57,68)(H,66,67)(H,69,70)(H2,58,59,71)/t37-,38?,41+,44+,45?,49-/m1/s1/i54-1. The number of ether oxygens (including phenoxy) is 2. The van der Waals surface area contributed by atoms with E-state index in [1.54, 1.807) is 78.9 Å². The summed E-state index contributed by atoms with van der Waals surface area (Å²) in [6.45, 7) is 0.151. The molecule has 4 rings (SSSR count). The van der Waals surface area contributed by atoms with Gasteiger partial charge in [-0.05, 0) is 72.9 Å². The Labute approximate surface area is 420 Å². The molecule has 0 aromatic heterocycles. The maximum atomic E-state index is 14.2. The molecule has 6 atom stereocenters. The van der Waals surface area contributed by atoms with Crippen molar-refractivity contribution in [2.75, 3.05) is 12.3 Å². The molecule has 0 aliphatic rings. The topological polar surface area (TPSA) is 304 Å². The summed E-state index contributed by atoms with van der Waals surface area (Å²) in [7, 11) is 0. The Hall–Kier alpha value is -8.29. The van der Waals surface area contributed by atoms with Gasteiger partial charge in [0.1, 0.15) is 23.7 Å². The van der Waals surface area contributed by atoms with Gasteiger partial charge in [0.15, 0.2) is 17.8 Å². The zero-order valence-electron chi connectivity index (χ0n) is 40.0. The lowest BCUT2D eigenvalue weighted by Crippen LogP contribution is -2.49. The molecule has 19 nitrogen and oxygen atoms in total. The number of carbonyl (C=O) groups is 10. The largest absolute Gasteiger partial charge is 0.481 e. The summed E-state index contributed by atoms with van der Waals surface area (Å²) in [5.41, 5.74) is 8.21. The average Bonchev–Trinajstić information content (AvgIpc) is 3.36. The van der Waals surface area contributed by atoms with Crippen molar-refractivity contribution in [2.45, 2.75) is 101 Å². The highest BCUT2D eigenvalue weighted by molar-refractivity contribution is 6.03. The molecule has 0 bridgehead atoms. The number of nitrogen functional groups attached to an aromatic ring is 1. The fraction of sp³-hybridized carbons (Fsp3) is 0.358. The van der Waals surface area contributed by atoms with Gasteiger partial charge in [-0.3, -0.25) is 38.4 Å². The normalized spacial score (nSPS) is 13.3. The fourth-order valence-electron chi connectivity index (χ4n) is 7.94. The highest BCUT2D eigenvalue weighted by atomic mass is 18.2. The van der Waals surface area contributed by atoms with E-state index in [1.165, 1.54) is 6.07 Å². The zero-order valence-corrected chi connectivity index (χ0v) is 40.0. The van der Waals surface area contributed by atoms with Gasteiger partial charge < -0.3 is 46.7 Å². The van der Waals surface area contributed by atoms with Gasteiger partial charge in [0.2, 0.25) is 11.8 Å². The van der Waals surface area contributed by atoms with Gasteiger partial charge in [0.25, 0.3) is 12.9 Å². The van der Waals surface area contributed by atoms with E-state index < -0.39 is 96.3 Å². The maximum Gasteiger partial charge on any atom is 0.326 e. The Kier molecular flexibility index (Phi) is 23.9. The van der Waals surface area contributed by atoms with Gasteiger partial charge in [0, 0.05) is 62.2 Å². The summed E-state index contributed by atoms with van der Waals surface area (Å²) in [4.78, 5) is 126. The number of carboxylic acids is 2. The Bertz CT molecular complexity index is 2500. The van der Waals surface area contributed by atoms with E-state index in [0.717, 1.165) is 23.3 Å². The van der Waals surface area contributed by atoms with E-state index in [1.807, 2.05) is 12.1 Å². The van der Waals surface area contributed by atoms with Crippen LogP contribution in [-0.4, -0.2) is 101 Å². The lowest BCUT2D eigenvalue weighted by molar-refractivity contribution is -0.141. The van der Waals surface area contributed by atoms with Crippen molar-refractivity contribution < 1.29 is 72.0 Å². The van der Waals surface area contributed by atoms with E-state index in [9.17, 15) is 57.4 Å². The molecule has 4 aromatic rings. The molecule has 0 saturated carbocycles. The van der Waals surface area contributed by atoms with Crippen LogP contribution >= 0.6 is 0 Å². The van der Waals surface area contributed by atoms with Crippen LogP contribution in [0, 0.1) is 17.7 Å². The molecule has 4 amide bonds. The molecule has 73 heavy (non-hydrogen) atoms. The SMILES string of the molecule is Nc1ccc([18F])cc1C(=O)CC(Cc1ccccc1)C(=O)NC(Cc1ccccc1)C(=O)C[C@H](CCC(=O)NC[C@@H](CC(=O)CC[C@H](NC(=O)N[C@@H](CCC(=O)O)OC=O)C(=O)O)Cc1ccccc1)OC=O. The third-order valence-electron chi connectivity index (χ3n) is 11.7. The highest BCUT2D eigenvalue weighted by Gasteiger charge is 2.31. The Morgan fingerprint density at radius 1 is 0.630 bits per heavy atom. The zero-order chi connectivity index (χ0) is 53.1. The molecule has 0 spiro atoms. The second kappa shape index (κ2) is 30.4. The molecule has 8 N–H and O–H groups in total. The highest BCUT2D eigenvalue weighted by Crippen LogP contribution is 2.22. The first-order valence-electron chi connectivity index (χ1n) is 23.5. The predicted molar refractivity (Wildman–Crippen MR) is 262 cm³/mol. The van der Waals surface area contributed by atoms with Crippen LogP contribution in [-0.2, 0) is 67.1 Å². The lowest BCUT2D eigenvalue weighted by Gasteiger charge is -2.24. The van der Waals surface area contributed by atoms with Crippen molar-refractivity contribution in [3.05, 3.63) is 137 Å². The Morgan fingerprint density at radius 2 is 1.23 bits per heavy atom. The van der Waals surface area contributed by atoms with Crippen molar-refractivity contribution in [3.8, 4) is 0 Å². The second-order valence-corrected chi connectivity index (χ2v) is 17.4. The number of carbonyl (C=O) groups excluding carboxylic acids is 8. The molecule has 0 radical (unpaired) electrons. The second-order valence-electron chi connectivity index (χ2n) is 17.4. The van der Waals surface area contributed by atoms with Crippen molar-refractivity contribution in [3.63, 3.8) is 0 Å².